The van der Waals surface area contributed by atoms with Crippen LogP contribution in [0, 0.1) is 6.92 Å². The number of nitrogens with one attached hydrogen (secondary N) is 1. The van der Waals surface area contributed by atoms with Crippen LogP contribution in [0.2, 0.25) is 0 Å². The summed E-state index contributed by atoms with van der Waals surface area (Å²) in [7, 11) is 0. The van der Waals surface area contributed by atoms with Crippen LogP contribution in [0.1, 0.15) is 37.7 Å². The number of aryl methyl sites for hydroxylation is 1. The summed E-state index contributed by atoms with van der Waals surface area (Å²) in [6, 6.07) is 17.4. The highest BCUT2D eigenvalue weighted by atomic mass is 16.5. The van der Waals surface area contributed by atoms with Crippen molar-refractivity contribution in [1.82, 2.24) is 10.5 Å². The number of nitrogens with zero attached hydrogens (tertiary/aromatic N) is 1. The minimum atomic E-state index is -0.324. The molecule has 0 aliphatic heterocycles. The van der Waals surface area contributed by atoms with Gasteiger partial charge in [-0.25, -0.2) is 0 Å². The number of rotatable bonds is 5. The van der Waals surface area contributed by atoms with Crippen molar-refractivity contribution in [1.29, 1.82) is 0 Å². The minimum absolute atomic E-state index is 0.182. The van der Waals surface area contributed by atoms with Gasteiger partial charge in [0, 0.05) is 17.2 Å². The van der Waals surface area contributed by atoms with E-state index in [1.807, 2.05) is 6.07 Å². The number of carbonyl (C=O) groups excluding carboxylic acids is 2. The summed E-state index contributed by atoms with van der Waals surface area (Å²) in [6.07, 6.45) is 0. The number of benzene rings is 2. The van der Waals surface area contributed by atoms with Gasteiger partial charge >= 0.3 is 0 Å². The van der Waals surface area contributed by atoms with Gasteiger partial charge in [-0.2, -0.15) is 0 Å². The Balaban J connectivity index is 1.81. The van der Waals surface area contributed by atoms with Crippen LogP contribution >= 0.6 is 0 Å². The maximum Gasteiger partial charge on any atom is 0.252 e. The monoisotopic (exact) mass is 320 g/mol. The zero-order valence-corrected chi connectivity index (χ0v) is 13.2. The smallest absolute Gasteiger partial charge is 0.252 e. The lowest BCUT2D eigenvalue weighted by molar-refractivity contribution is 0.0939. The van der Waals surface area contributed by atoms with Gasteiger partial charge in [0.25, 0.3) is 5.91 Å². The van der Waals surface area contributed by atoms with Crippen molar-refractivity contribution in [3.05, 3.63) is 88.8 Å². The normalized spacial score (nSPS) is 10.4. The van der Waals surface area contributed by atoms with E-state index in [0.29, 0.717) is 28.1 Å². The summed E-state index contributed by atoms with van der Waals surface area (Å²) in [4.78, 5) is 25.1. The molecular formula is C19H16N2O3. The van der Waals surface area contributed by atoms with Crippen LogP contribution in [0.4, 0.5) is 0 Å². The van der Waals surface area contributed by atoms with Crippen molar-refractivity contribution in [2.45, 2.75) is 13.5 Å². The average molecular weight is 320 g/mol. The maximum absolute atomic E-state index is 12.6. The molecule has 24 heavy (non-hydrogen) atoms. The quantitative estimate of drug-likeness (QED) is 0.733. The molecule has 0 saturated heterocycles. The summed E-state index contributed by atoms with van der Waals surface area (Å²) < 4.78 is 4.97. The summed E-state index contributed by atoms with van der Waals surface area (Å²) in [5.74, 6) is 0.174. The molecule has 0 radical (unpaired) electrons. The van der Waals surface area contributed by atoms with Gasteiger partial charge < -0.3 is 9.84 Å². The number of carbonyl (C=O) groups is 2. The largest absolute Gasteiger partial charge is 0.361 e. The Bertz CT molecular complexity index is 869. The molecule has 1 amide bonds. The van der Waals surface area contributed by atoms with E-state index in [9.17, 15) is 9.59 Å². The van der Waals surface area contributed by atoms with Gasteiger partial charge in [-0.05, 0) is 13.0 Å². The molecule has 5 nitrogen and oxygen atoms in total. The standard InChI is InChI=1S/C19H16N2O3/c1-13-11-15(21-24-13)12-20-19(23)17-10-6-5-9-16(17)18(22)14-7-3-2-4-8-14/h2-11H,12H2,1H3,(H,20,23). The third kappa shape index (κ3) is 3.41. The molecule has 3 rings (SSSR count). The molecule has 0 unspecified atom stereocenters. The first-order valence-electron chi connectivity index (χ1n) is 7.54. The van der Waals surface area contributed by atoms with E-state index < -0.39 is 0 Å². The Morgan fingerprint density at radius 3 is 2.33 bits per heavy atom. The average Bonchev–Trinajstić information content (AvgIpc) is 3.05. The molecule has 3 aromatic rings. The Labute approximate surface area is 139 Å². The molecule has 5 heteroatoms. The molecule has 1 heterocycles. The highest BCUT2D eigenvalue weighted by Crippen LogP contribution is 2.15. The molecule has 0 bridgehead atoms. The fraction of sp³-hybridized carbons (Fsp3) is 0.105. The Morgan fingerprint density at radius 2 is 1.67 bits per heavy atom. The van der Waals surface area contributed by atoms with Gasteiger partial charge in [0.05, 0.1) is 12.1 Å². The minimum Gasteiger partial charge on any atom is -0.361 e. The lowest BCUT2D eigenvalue weighted by Gasteiger charge is -2.09. The Hall–Kier alpha value is -3.21. The number of hydrogen-bond acceptors (Lipinski definition) is 4. The van der Waals surface area contributed by atoms with Crippen LogP contribution in [0.5, 0.6) is 0 Å². The van der Waals surface area contributed by atoms with Crippen LogP contribution in [-0.4, -0.2) is 16.8 Å². The van der Waals surface area contributed by atoms with Crippen molar-refractivity contribution in [2.24, 2.45) is 0 Å². The van der Waals surface area contributed by atoms with Crippen LogP contribution in [0.3, 0.4) is 0 Å². The number of ketones is 1. The molecule has 0 aliphatic carbocycles. The molecule has 0 atom stereocenters. The lowest BCUT2D eigenvalue weighted by atomic mass is 9.98. The second-order valence-corrected chi connectivity index (χ2v) is 5.35. The molecule has 1 aromatic heterocycles. The molecule has 0 aliphatic rings. The van der Waals surface area contributed by atoms with Crippen molar-refractivity contribution in [3.8, 4) is 0 Å². The van der Waals surface area contributed by atoms with E-state index in [1.165, 1.54) is 0 Å². The summed E-state index contributed by atoms with van der Waals surface area (Å²) in [5, 5.41) is 6.59. The second kappa shape index (κ2) is 6.91. The SMILES string of the molecule is Cc1cc(CNC(=O)c2ccccc2C(=O)c2ccccc2)no1. The highest BCUT2D eigenvalue weighted by Gasteiger charge is 2.17. The van der Waals surface area contributed by atoms with Gasteiger partial charge in [-0.15, -0.1) is 0 Å². The predicted molar refractivity (Wildman–Crippen MR) is 88.7 cm³/mol. The molecule has 0 fully saturated rings. The van der Waals surface area contributed by atoms with Gasteiger partial charge in [-0.3, -0.25) is 9.59 Å². The van der Waals surface area contributed by atoms with Crippen LogP contribution in [0.25, 0.3) is 0 Å². The molecule has 2 aromatic carbocycles. The van der Waals surface area contributed by atoms with Gasteiger partial charge in [-0.1, -0.05) is 53.7 Å². The first-order chi connectivity index (χ1) is 11.6. The lowest BCUT2D eigenvalue weighted by Crippen LogP contribution is -2.25. The number of amides is 1. The van der Waals surface area contributed by atoms with Gasteiger partial charge in [0.1, 0.15) is 11.5 Å². The van der Waals surface area contributed by atoms with E-state index >= 15 is 0 Å². The fourth-order valence-corrected chi connectivity index (χ4v) is 2.39. The Morgan fingerprint density at radius 1 is 1.00 bits per heavy atom. The van der Waals surface area contributed by atoms with E-state index in [4.69, 9.17) is 4.52 Å². The number of hydrogen-bond donors (Lipinski definition) is 1. The van der Waals surface area contributed by atoms with Gasteiger partial charge in [0.2, 0.25) is 0 Å². The van der Waals surface area contributed by atoms with Gasteiger partial charge in [0.15, 0.2) is 5.78 Å². The maximum atomic E-state index is 12.6. The van der Waals surface area contributed by atoms with Crippen molar-refractivity contribution >= 4 is 11.7 Å². The predicted octanol–water partition coefficient (Wildman–Crippen LogP) is 3.14. The topological polar surface area (TPSA) is 72.2 Å². The van der Waals surface area contributed by atoms with E-state index in [1.54, 1.807) is 61.5 Å². The first kappa shape index (κ1) is 15.7. The molecule has 1 N–H and O–H groups in total. The van der Waals surface area contributed by atoms with E-state index in [-0.39, 0.29) is 18.2 Å². The van der Waals surface area contributed by atoms with E-state index in [2.05, 4.69) is 10.5 Å². The zero-order valence-electron chi connectivity index (χ0n) is 13.2. The molecule has 0 saturated carbocycles. The van der Waals surface area contributed by atoms with Crippen molar-refractivity contribution in [3.63, 3.8) is 0 Å². The van der Waals surface area contributed by atoms with Crippen molar-refractivity contribution < 1.29 is 14.1 Å². The molecular weight excluding hydrogens is 304 g/mol. The summed E-state index contributed by atoms with van der Waals surface area (Å²) >= 11 is 0. The zero-order chi connectivity index (χ0) is 16.9. The van der Waals surface area contributed by atoms with Crippen LogP contribution in [0.15, 0.2) is 65.2 Å². The Kier molecular flexibility index (Phi) is 4.52. The third-order valence-corrected chi connectivity index (χ3v) is 3.56. The third-order valence-electron chi connectivity index (χ3n) is 3.56. The first-order valence-corrected chi connectivity index (χ1v) is 7.54. The van der Waals surface area contributed by atoms with Crippen LogP contribution < -0.4 is 5.32 Å². The summed E-state index contributed by atoms with van der Waals surface area (Å²) in [5.41, 5.74) is 1.89. The van der Waals surface area contributed by atoms with Crippen LogP contribution in [-0.2, 0) is 6.54 Å². The summed E-state index contributed by atoms with van der Waals surface area (Å²) in [6.45, 7) is 2.02. The highest BCUT2D eigenvalue weighted by molar-refractivity contribution is 6.15. The second-order valence-electron chi connectivity index (χ2n) is 5.35. The molecule has 120 valence electrons. The van der Waals surface area contributed by atoms with Crippen molar-refractivity contribution in [2.75, 3.05) is 0 Å². The van der Waals surface area contributed by atoms with E-state index in [0.717, 1.165) is 0 Å². The molecule has 0 spiro atoms. The number of aromatic nitrogens is 1. The fourth-order valence-electron chi connectivity index (χ4n) is 2.39.